The second-order valence-electron chi connectivity index (χ2n) is 5.22. The van der Waals surface area contributed by atoms with Gasteiger partial charge in [0.05, 0.1) is 11.9 Å². The van der Waals surface area contributed by atoms with Gasteiger partial charge < -0.3 is 5.32 Å². The number of hydrogen-bond acceptors (Lipinski definition) is 4. The summed E-state index contributed by atoms with van der Waals surface area (Å²) >= 11 is 0. The van der Waals surface area contributed by atoms with E-state index in [0.29, 0.717) is 0 Å². The molecule has 0 fully saturated rings. The summed E-state index contributed by atoms with van der Waals surface area (Å²) in [5.41, 5.74) is 3.28. The molecular weight excluding hydrogens is 262 g/mol. The van der Waals surface area contributed by atoms with Gasteiger partial charge in [-0.2, -0.15) is 5.10 Å². The van der Waals surface area contributed by atoms with Crippen LogP contribution in [0.1, 0.15) is 45.6 Å². The van der Waals surface area contributed by atoms with E-state index in [4.69, 9.17) is 0 Å². The predicted octanol–water partition coefficient (Wildman–Crippen LogP) is 3.52. The van der Waals surface area contributed by atoms with Crippen molar-refractivity contribution in [1.29, 1.82) is 0 Å². The number of aryl methyl sites for hydroxylation is 1. The van der Waals surface area contributed by atoms with Crippen LogP contribution >= 0.6 is 0 Å². The zero-order valence-electron chi connectivity index (χ0n) is 13.3. The standard InChI is InChI=1S/C16H25N5/c1-4-7-14-15(13-10-20-21(11-13)9-6-3)18-12-19-16(14)17-8-5-2/h10-12H,4-9H2,1-3H3,(H,17,18,19). The number of anilines is 1. The van der Waals surface area contributed by atoms with E-state index in [1.807, 2.05) is 10.9 Å². The van der Waals surface area contributed by atoms with Crippen LogP contribution in [0.5, 0.6) is 0 Å². The highest BCUT2D eigenvalue weighted by Gasteiger charge is 2.13. The highest BCUT2D eigenvalue weighted by molar-refractivity contribution is 5.67. The maximum Gasteiger partial charge on any atom is 0.133 e. The van der Waals surface area contributed by atoms with Gasteiger partial charge in [0.1, 0.15) is 12.1 Å². The van der Waals surface area contributed by atoms with E-state index in [0.717, 1.165) is 55.8 Å². The molecule has 0 saturated heterocycles. The fourth-order valence-corrected chi connectivity index (χ4v) is 2.38. The zero-order chi connectivity index (χ0) is 15.1. The van der Waals surface area contributed by atoms with Crippen molar-refractivity contribution < 1.29 is 0 Å². The van der Waals surface area contributed by atoms with Gasteiger partial charge in [-0.3, -0.25) is 4.68 Å². The average molecular weight is 287 g/mol. The fourth-order valence-electron chi connectivity index (χ4n) is 2.38. The van der Waals surface area contributed by atoms with Crippen LogP contribution in [0.4, 0.5) is 5.82 Å². The molecule has 0 saturated carbocycles. The number of nitrogens with one attached hydrogen (secondary N) is 1. The van der Waals surface area contributed by atoms with Crippen LogP contribution in [0.25, 0.3) is 11.3 Å². The summed E-state index contributed by atoms with van der Waals surface area (Å²) in [4.78, 5) is 8.92. The summed E-state index contributed by atoms with van der Waals surface area (Å²) in [7, 11) is 0. The zero-order valence-corrected chi connectivity index (χ0v) is 13.3. The van der Waals surface area contributed by atoms with E-state index >= 15 is 0 Å². The first-order valence-corrected chi connectivity index (χ1v) is 7.90. The van der Waals surface area contributed by atoms with Crippen molar-refractivity contribution in [3.63, 3.8) is 0 Å². The first-order valence-electron chi connectivity index (χ1n) is 7.90. The molecule has 0 unspecified atom stereocenters. The van der Waals surface area contributed by atoms with Gasteiger partial charge in [0, 0.05) is 30.4 Å². The minimum atomic E-state index is 0.933. The van der Waals surface area contributed by atoms with Gasteiger partial charge in [-0.25, -0.2) is 9.97 Å². The smallest absolute Gasteiger partial charge is 0.133 e. The summed E-state index contributed by atoms with van der Waals surface area (Å²) in [6, 6.07) is 0. The summed E-state index contributed by atoms with van der Waals surface area (Å²) in [6.45, 7) is 8.36. The van der Waals surface area contributed by atoms with E-state index < -0.39 is 0 Å². The maximum atomic E-state index is 4.51. The molecule has 0 spiro atoms. The number of nitrogens with zero attached hydrogens (tertiary/aromatic N) is 4. The molecule has 2 aromatic rings. The van der Waals surface area contributed by atoms with Crippen molar-refractivity contribution in [2.24, 2.45) is 0 Å². The molecule has 5 heteroatoms. The third-order valence-electron chi connectivity index (χ3n) is 3.35. The van der Waals surface area contributed by atoms with Crippen LogP contribution in [0, 0.1) is 0 Å². The normalized spacial score (nSPS) is 10.8. The average Bonchev–Trinajstić information content (AvgIpc) is 2.95. The number of rotatable bonds is 8. The van der Waals surface area contributed by atoms with Crippen LogP contribution < -0.4 is 5.32 Å². The SMILES string of the molecule is CCCNc1ncnc(-c2cnn(CCC)c2)c1CCC. The second-order valence-corrected chi connectivity index (χ2v) is 5.22. The summed E-state index contributed by atoms with van der Waals surface area (Å²) in [6.07, 6.45) is 9.83. The molecule has 0 bridgehead atoms. The molecule has 0 aromatic carbocycles. The minimum Gasteiger partial charge on any atom is -0.370 e. The fraction of sp³-hybridized carbons (Fsp3) is 0.562. The third-order valence-corrected chi connectivity index (χ3v) is 3.35. The number of aromatic nitrogens is 4. The Labute approximate surface area is 126 Å². The van der Waals surface area contributed by atoms with Crippen molar-refractivity contribution in [3.8, 4) is 11.3 Å². The van der Waals surface area contributed by atoms with Crippen molar-refractivity contribution in [3.05, 3.63) is 24.3 Å². The molecule has 2 aromatic heterocycles. The van der Waals surface area contributed by atoms with Gasteiger partial charge >= 0.3 is 0 Å². The van der Waals surface area contributed by atoms with Gasteiger partial charge in [-0.15, -0.1) is 0 Å². The highest BCUT2D eigenvalue weighted by atomic mass is 15.3. The molecule has 0 aliphatic rings. The highest BCUT2D eigenvalue weighted by Crippen LogP contribution is 2.26. The Bertz CT molecular complexity index is 562. The van der Waals surface area contributed by atoms with Crippen molar-refractivity contribution >= 4 is 5.82 Å². The molecular formula is C16H25N5. The van der Waals surface area contributed by atoms with Gasteiger partial charge in [0.2, 0.25) is 0 Å². The monoisotopic (exact) mass is 287 g/mol. The quantitative estimate of drug-likeness (QED) is 0.807. The summed E-state index contributed by atoms with van der Waals surface area (Å²) in [5.74, 6) is 0.965. The maximum absolute atomic E-state index is 4.51. The third kappa shape index (κ3) is 3.80. The van der Waals surface area contributed by atoms with Crippen LogP contribution in [0.2, 0.25) is 0 Å². The molecule has 0 aliphatic carbocycles. The molecule has 114 valence electrons. The molecule has 21 heavy (non-hydrogen) atoms. The lowest BCUT2D eigenvalue weighted by Gasteiger charge is -2.12. The molecule has 2 rings (SSSR count). The van der Waals surface area contributed by atoms with Crippen LogP contribution in [-0.2, 0) is 13.0 Å². The van der Waals surface area contributed by atoms with E-state index in [-0.39, 0.29) is 0 Å². The Hall–Kier alpha value is -1.91. The van der Waals surface area contributed by atoms with Crippen molar-refractivity contribution in [1.82, 2.24) is 19.7 Å². The van der Waals surface area contributed by atoms with Gasteiger partial charge in [-0.1, -0.05) is 27.2 Å². The van der Waals surface area contributed by atoms with Crippen LogP contribution in [0.3, 0.4) is 0 Å². The molecule has 2 heterocycles. The first kappa shape index (κ1) is 15.5. The molecule has 0 aliphatic heterocycles. The predicted molar refractivity (Wildman–Crippen MR) is 86.3 cm³/mol. The Morgan fingerprint density at radius 2 is 1.95 bits per heavy atom. The molecule has 0 atom stereocenters. The van der Waals surface area contributed by atoms with Gasteiger partial charge in [0.25, 0.3) is 0 Å². The lowest BCUT2D eigenvalue weighted by Crippen LogP contribution is -2.07. The van der Waals surface area contributed by atoms with E-state index in [9.17, 15) is 0 Å². The minimum absolute atomic E-state index is 0.933. The van der Waals surface area contributed by atoms with Crippen LogP contribution in [0.15, 0.2) is 18.7 Å². The molecule has 0 amide bonds. The van der Waals surface area contributed by atoms with E-state index in [2.05, 4.69) is 47.4 Å². The van der Waals surface area contributed by atoms with E-state index in [1.165, 1.54) is 5.56 Å². The topological polar surface area (TPSA) is 55.6 Å². The molecule has 5 nitrogen and oxygen atoms in total. The van der Waals surface area contributed by atoms with Crippen molar-refractivity contribution in [2.45, 2.75) is 53.0 Å². The van der Waals surface area contributed by atoms with E-state index in [1.54, 1.807) is 6.33 Å². The molecule has 0 radical (unpaired) electrons. The summed E-state index contributed by atoms with van der Waals surface area (Å²) in [5, 5.41) is 7.82. The van der Waals surface area contributed by atoms with Gasteiger partial charge in [0.15, 0.2) is 0 Å². The lowest BCUT2D eigenvalue weighted by molar-refractivity contribution is 0.603. The number of hydrogen-bond donors (Lipinski definition) is 1. The summed E-state index contributed by atoms with van der Waals surface area (Å²) < 4.78 is 1.98. The largest absolute Gasteiger partial charge is 0.370 e. The lowest BCUT2D eigenvalue weighted by atomic mass is 10.1. The first-order chi connectivity index (χ1) is 10.3. The van der Waals surface area contributed by atoms with Crippen LogP contribution in [-0.4, -0.2) is 26.3 Å². The second kappa shape index (κ2) is 7.76. The Kier molecular flexibility index (Phi) is 5.72. The Balaban J connectivity index is 2.35. The Morgan fingerprint density at radius 3 is 2.67 bits per heavy atom. The van der Waals surface area contributed by atoms with Gasteiger partial charge in [-0.05, 0) is 19.3 Å². The Morgan fingerprint density at radius 1 is 1.10 bits per heavy atom. The molecule has 1 N–H and O–H groups in total. The van der Waals surface area contributed by atoms with Crippen molar-refractivity contribution in [2.75, 3.05) is 11.9 Å².